The van der Waals surface area contributed by atoms with E-state index in [2.05, 4.69) is 22.7 Å². The van der Waals surface area contributed by atoms with Gasteiger partial charge in [0.1, 0.15) is 0 Å². The third kappa shape index (κ3) is 1.69. The van der Waals surface area contributed by atoms with Crippen LogP contribution in [0.15, 0.2) is 18.5 Å². The van der Waals surface area contributed by atoms with E-state index in [1.54, 1.807) is 19.5 Å². The minimum absolute atomic E-state index is 0.0326. The Kier molecular flexibility index (Phi) is 2.37. The van der Waals surface area contributed by atoms with Crippen molar-refractivity contribution in [2.45, 2.75) is 12.5 Å². The highest BCUT2D eigenvalue weighted by Gasteiger charge is 2.39. The molecule has 1 fully saturated rings. The van der Waals surface area contributed by atoms with Gasteiger partial charge in [-0.3, -0.25) is 4.98 Å². The van der Waals surface area contributed by atoms with Crippen LogP contribution in [0.2, 0.25) is 0 Å². The zero-order chi connectivity index (χ0) is 10.9. The zero-order valence-electron chi connectivity index (χ0n) is 9.03. The molecule has 3 nitrogen and oxygen atoms in total. The molecule has 0 aliphatic carbocycles. The molecule has 0 spiro atoms. The van der Waals surface area contributed by atoms with E-state index in [-0.39, 0.29) is 5.60 Å². The van der Waals surface area contributed by atoms with Gasteiger partial charge in [0.25, 0.3) is 0 Å². The lowest BCUT2D eigenvalue weighted by atomic mass is 9.95. The maximum atomic E-state index is 5.42. The molecule has 0 aromatic carbocycles. The van der Waals surface area contributed by atoms with E-state index in [1.807, 2.05) is 6.07 Å². The van der Waals surface area contributed by atoms with Crippen molar-refractivity contribution in [1.29, 1.82) is 0 Å². The first-order chi connectivity index (χ1) is 7.18. The van der Waals surface area contributed by atoms with Gasteiger partial charge in [-0.25, -0.2) is 0 Å². The van der Waals surface area contributed by atoms with Gasteiger partial charge >= 0.3 is 0 Å². The first-order valence-electron chi connectivity index (χ1n) is 4.89. The molecule has 3 heteroatoms. The predicted molar refractivity (Wildman–Crippen MR) is 59.8 cm³/mol. The molecular formula is C12H14N2O. The Bertz CT molecular complexity index is 402. The lowest BCUT2D eigenvalue weighted by Gasteiger charge is -2.48. The highest BCUT2D eigenvalue weighted by Crippen LogP contribution is 2.31. The molecule has 1 saturated heterocycles. The number of rotatable bonds is 2. The Hall–Kier alpha value is -1.53. The molecule has 0 unspecified atom stereocenters. The number of pyridine rings is 1. The van der Waals surface area contributed by atoms with E-state index >= 15 is 0 Å². The van der Waals surface area contributed by atoms with Crippen LogP contribution in [0.4, 0.5) is 5.69 Å². The molecule has 1 aromatic rings. The van der Waals surface area contributed by atoms with Crippen molar-refractivity contribution >= 4 is 5.69 Å². The van der Waals surface area contributed by atoms with Crippen LogP contribution in [-0.2, 0) is 4.74 Å². The van der Waals surface area contributed by atoms with E-state index in [9.17, 15) is 0 Å². The normalized spacial score (nSPS) is 18.1. The fourth-order valence-electron chi connectivity index (χ4n) is 1.83. The smallest absolute Gasteiger partial charge is 0.0998 e. The molecule has 15 heavy (non-hydrogen) atoms. The summed E-state index contributed by atoms with van der Waals surface area (Å²) in [4.78, 5) is 6.22. The summed E-state index contributed by atoms with van der Waals surface area (Å²) in [7, 11) is 1.74. The molecule has 0 N–H and O–H groups in total. The highest BCUT2D eigenvalue weighted by molar-refractivity contribution is 5.61. The Morgan fingerprint density at radius 2 is 2.33 bits per heavy atom. The Morgan fingerprint density at radius 1 is 1.60 bits per heavy atom. The Morgan fingerprint density at radius 3 is 2.93 bits per heavy atom. The Balaban J connectivity index is 2.17. The van der Waals surface area contributed by atoms with Gasteiger partial charge in [-0.15, -0.1) is 6.42 Å². The van der Waals surface area contributed by atoms with E-state index in [0.29, 0.717) is 0 Å². The van der Waals surface area contributed by atoms with Gasteiger partial charge in [0.15, 0.2) is 0 Å². The minimum Gasteiger partial charge on any atom is -0.375 e. The van der Waals surface area contributed by atoms with Gasteiger partial charge in [0, 0.05) is 32.6 Å². The summed E-state index contributed by atoms with van der Waals surface area (Å²) in [6, 6.07) is 1.95. The lowest BCUT2D eigenvalue weighted by molar-refractivity contribution is -0.0167. The fraction of sp³-hybridized carbons (Fsp3) is 0.417. The lowest BCUT2D eigenvalue weighted by Crippen LogP contribution is -2.61. The fourth-order valence-corrected chi connectivity index (χ4v) is 1.83. The van der Waals surface area contributed by atoms with Gasteiger partial charge in [-0.2, -0.15) is 0 Å². The largest absolute Gasteiger partial charge is 0.375 e. The van der Waals surface area contributed by atoms with E-state index in [0.717, 1.165) is 24.3 Å². The number of methoxy groups -OCH3 is 1. The molecule has 0 saturated carbocycles. The van der Waals surface area contributed by atoms with Gasteiger partial charge in [0.2, 0.25) is 0 Å². The minimum atomic E-state index is -0.0326. The van der Waals surface area contributed by atoms with Crippen LogP contribution < -0.4 is 4.90 Å². The zero-order valence-corrected chi connectivity index (χ0v) is 9.03. The van der Waals surface area contributed by atoms with E-state index in [1.165, 1.54) is 0 Å². The third-order valence-corrected chi connectivity index (χ3v) is 2.84. The summed E-state index contributed by atoms with van der Waals surface area (Å²) in [5, 5.41) is 0. The molecule has 1 aliphatic rings. The van der Waals surface area contributed by atoms with Gasteiger partial charge < -0.3 is 9.64 Å². The van der Waals surface area contributed by atoms with Crippen LogP contribution in [0.3, 0.4) is 0 Å². The van der Waals surface area contributed by atoms with Crippen LogP contribution in [-0.4, -0.2) is 30.8 Å². The van der Waals surface area contributed by atoms with Crippen molar-refractivity contribution in [3.8, 4) is 12.3 Å². The summed E-state index contributed by atoms with van der Waals surface area (Å²) in [6.45, 7) is 3.85. The summed E-state index contributed by atoms with van der Waals surface area (Å²) in [6.07, 6.45) is 8.90. The number of ether oxygens (including phenoxy) is 1. The Labute approximate surface area is 90.1 Å². The van der Waals surface area contributed by atoms with Crippen molar-refractivity contribution in [2.75, 3.05) is 25.1 Å². The second kappa shape index (κ2) is 3.56. The van der Waals surface area contributed by atoms with Crippen molar-refractivity contribution in [3.63, 3.8) is 0 Å². The number of hydrogen-bond acceptors (Lipinski definition) is 3. The average molecular weight is 202 g/mol. The van der Waals surface area contributed by atoms with Crippen molar-refractivity contribution in [2.24, 2.45) is 0 Å². The molecule has 0 atom stereocenters. The highest BCUT2D eigenvalue weighted by atomic mass is 16.5. The molecule has 1 aliphatic heterocycles. The first kappa shape index (κ1) is 10.0. The van der Waals surface area contributed by atoms with Crippen LogP contribution in [0.25, 0.3) is 0 Å². The number of hydrogen-bond donors (Lipinski definition) is 0. The molecule has 2 rings (SSSR count). The summed E-state index contributed by atoms with van der Waals surface area (Å²) < 4.78 is 5.39. The molecule has 1 aromatic heterocycles. The molecule has 0 radical (unpaired) electrons. The van der Waals surface area contributed by atoms with Crippen LogP contribution >= 0.6 is 0 Å². The second-order valence-corrected chi connectivity index (χ2v) is 4.05. The van der Waals surface area contributed by atoms with Gasteiger partial charge in [-0.1, -0.05) is 5.92 Å². The van der Waals surface area contributed by atoms with Crippen LogP contribution in [0.5, 0.6) is 0 Å². The summed E-state index contributed by atoms with van der Waals surface area (Å²) in [5.41, 5.74) is 1.88. The third-order valence-electron chi connectivity index (χ3n) is 2.84. The topological polar surface area (TPSA) is 25.4 Å². The quantitative estimate of drug-likeness (QED) is 0.676. The second-order valence-electron chi connectivity index (χ2n) is 4.05. The number of nitrogens with zero attached hydrogens (tertiary/aromatic N) is 2. The summed E-state index contributed by atoms with van der Waals surface area (Å²) >= 11 is 0. The van der Waals surface area contributed by atoms with Crippen molar-refractivity contribution in [3.05, 3.63) is 24.0 Å². The first-order valence-corrected chi connectivity index (χ1v) is 4.89. The maximum absolute atomic E-state index is 5.42. The number of aromatic nitrogens is 1. The predicted octanol–water partition coefficient (Wildman–Crippen LogP) is 1.29. The maximum Gasteiger partial charge on any atom is 0.0998 e. The average Bonchev–Trinajstić information content (AvgIpc) is 2.25. The molecule has 2 heterocycles. The standard InChI is InChI=1S/C12H14N2O/c1-4-10-7-13-6-5-11(10)14-8-12(2,9-14)15-3/h1,5-7H,8-9H2,2-3H3. The molecule has 78 valence electrons. The molecule has 0 amide bonds. The van der Waals surface area contributed by atoms with Gasteiger partial charge in [0.05, 0.1) is 16.9 Å². The summed E-state index contributed by atoms with van der Waals surface area (Å²) in [5.74, 6) is 2.65. The van der Waals surface area contributed by atoms with Crippen LogP contribution in [0, 0.1) is 12.3 Å². The van der Waals surface area contributed by atoms with Crippen molar-refractivity contribution in [1.82, 2.24) is 4.98 Å². The molecular weight excluding hydrogens is 188 g/mol. The number of anilines is 1. The monoisotopic (exact) mass is 202 g/mol. The van der Waals surface area contributed by atoms with Crippen molar-refractivity contribution < 1.29 is 4.74 Å². The number of terminal acetylenes is 1. The van der Waals surface area contributed by atoms with Crippen LogP contribution in [0.1, 0.15) is 12.5 Å². The van der Waals surface area contributed by atoms with Gasteiger partial charge in [-0.05, 0) is 13.0 Å². The van der Waals surface area contributed by atoms with E-state index in [4.69, 9.17) is 11.2 Å². The van der Waals surface area contributed by atoms with E-state index < -0.39 is 0 Å². The molecule has 0 bridgehead atoms. The SMILES string of the molecule is C#Cc1cnccc1N1CC(C)(OC)C1.